The van der Waals surface area contributed by atoms with Crippen molar-refractivity contribution < 1.29 is 17.9 Å². The Morgan fingerprint density at radius 1 is 1.35 bits per heavy atom. The highest BCUT2D eigenvalue weighted by molar-refractivity contribution is 7.80. The molecule has 6 heteroatoms. The van der Waals surface area contributed by atoms with Crippen molar-refractivity contribution >= 4 is 17.2 Å². The van der Waals surface area contributed by atoms with Crippen molar-refractivity contribution in [2.24, 2.45) is 5.73 Å². The first-order valence-electron chi connectivity index (χ1n) is 4.89. The van der Waals surface area contributed by atoms with Crippen LogP contribution < -0.4 is 10.5 Å². The predicted molar refractivity (Wildman–Crippen MR) is 63.1 cm³/mol. The third-order valence-corrected chi connectivity index (χ3v) is 2.15. The van der Waals surface area contributed by atoms with Gasteiger partial charge >= 0.3 is 6.18 Å². The predicted octanol–water partition coefficient (Wildman–Crippen LogP) is 3.13. The summed E-state index contributed by atoms with van der Waals surface area (Å²) in [5, 5.41) is 0. The van der Waals surface area contributed by atoms with Crippen molar-refractivity contribution in [2.75, 3.05) is 0 Å². The Morgan fingerprint density at radius 2 is 1.94 bits per heavy atom. The van der Waals surface area contributed by atoms with Gasteiger partial charge in [-0.05, 0) is 32.0 Å². The summed E-state index contributed by atoms with van der Waals surface area (Å²) < 4.78 is 43.5. The standard InChI is InChI=1S/C11H12F3NOS/c1-6(2)16-7-3-4-8(10(15)17)9(5-7)11(12,13)14/h3-6H,1-2H3,(H2,15,17). The Hall–Kier alpha value is -1.30. The molecule has 1 aromatic carbocycles. The monoisotopic (exact) mass is 263 g/mol. The first kappa shape index (κ1) is 13.8. The third-order valence-electron chi connectivity index (χ3n) is 1.93. The smallest absolute Gasteiger partial charge is 0.417 e. The van der Waals surface area contributed by atoms with E-state index in [-0.39, 0.29) is 22.4 Å². The van der Waals surface area contributed by atoms with E-state index in [0.29, 0.717) is 0 Å². The molecule has 0 unspecified atom stereocenters. The molecule has 2 nitrogen and oxygen atoms in total. The van der Waals surface area contributed by atoms with Crippen LogP contribution in [0.15, 0.2) is 18.2 Å². The quantitative estimate of drug-likeness (QED) is 0.851. The van der Waals surface area contributed by atoms with Crippen LogP contribution in [0.25, 0.3) is 0 Å². The van der Waals surface area contributed by atoms with E-state index in [4.69, 9.17) is 10.5 Å². The van der Waals surface area contributed by atoms with Crippen LogP contribution in [0.4, 0.5) is 13.2 Å². The molecular formula is C11H12F3NOS. The zero-order valence-electron chi connectivity index (χ0n) is 9.34. The second-order valence-electron chi connectivity index (χ2n) is 3.74. The van der Waals surface area contributed by atoms with Gasteiger partial charge in [0.05, 0.1) is 11.7 Å². The second kappa shape index (κ2) is 4.91. The zero-order valence-corrected chi connectivity index (χ0v) is 10.2. The summed E-state index contributed by atoms with van der Waals surface area (Å²) in [5.74, 6) is 0.146. The maximum atomic E-state index is 12.8. The van der Waals surface area contributed by atoms with Gasteiger partial charge in [-0.25, -0.2) is 0 Å². The van der Waals surface area contributed by atoms with E-state index in [1.807, 2.05) is 0 Å². The average molecular weight is 263 g/mol. The number of benzene rings is 1. The molecule has 0 saturated carbocycles. The normalized spacial score (nSPS) is 11.6. The largest absolute Gasteiger partial charge is 0.491 e. The van der Waals surface area contributed by atoms with Gasteiger partial charge in [-0.15, -0.1) is 0 Å². The number of thiocarbonyl (C=S) groups is 1. The van der Waals surface area contributed by atoms with Crippen LogP contribution in [0.1, 0.15) is 25.0 Å². The van der Waals surface area contributed by atoms with E-state index in [9.17, 15) is 13.2 Å². The van der Waals surface area contributed by atoms with Crippen LogP contribution in [-0.4, -0.2) is 11.1 Å². The SMILES string of the molecule is CC(C)Oc1ccc(C(N)=S)c(C(F)(F)F)c1. The average Bonchev–Trinajstić information content (AvgIpc) is 2.14. The number of hydrogen-bond acceptors (Lipinski definition) is 2. The molecular weight excluding hydrogens is 251 g/mol. The van der Waals surface area contributed by atoms with Gasteiger partial charge in [-0.2, -0.15) is 13.2 Å². The Labute approximate surface area is 103 Å². The molecule has 0 amide bonds. The van der Waals surface area contributed by atoms with E-state index in [1.165, 1.54) is 12.1 Å². The summed E-state index contributed by atoms with van der Waals surface area (Å²) in [4.78, 5) is -0.284. The molecule has 0 aliphatic rings. The minimum absolute atomic E-state index is 0.146. The molecule has 0 spiro atoms. The Kier molecular flexibility index (Phi) is 3.98. The van der Waals surface area contributed by atoms with Gasteiger partial charge in [0.25, 0.3) is 0 Å². The topological polar surface area (TPSA) is 35.2 Å². The van der Waals surface area contributed by atoms with Crippen LogP contribution in [0.2, 0.25) is 0 Å². The maximum Gasteiger partial charge on any atom is 0.417 e. The van der Waals surface area contributed by atoms with Crippen molar-refractivity contribution in [1.29, 1.82) is 0 Å². The van der Waals surface area contributed by atoms with Crippen molar-refractivity contribution in [3.63, 3.8) is 0 Å². The van der Waals surface area contributed by atoms with Crippen LogP contribution in [0.5, 0.6) is 5.75 Å². The number of nitrogens with two attached hydrogens (primary N) is 1. The summed E-state index contributed by atoms with van der Waals surface area (Å²) in [7, 11) is 0. The first-order chi connectivity index (χ1) is 7.71. The lowest BCUT2D eigenvalue weighted by atomic mass is 10.1. The van der Waals surface area contributed by atoms with Gasteiger partial charge in [0.1, 0.15) is 10.7 Å². The van der Waals surface area contributed by atoms with Crippen molar-refractivity contribution in [3.05, 3.63) is 29.3 Å². The third kappa shape index (κ3) is 3.59. The summed E-state index contributed by atoms with van der Waals surface area (Å²) >= 11 is 4.59. The molecule has 0 aliphatic carbocycles. The molecule has 0 saturated heterocycles. The van der Waals surface area contributed by atoms with E-state index in [0.717, 1.165) is 6.07 Å². The minimum atomic E-state index is -4.50. The highest BCUT2D eigenvalue weighted by atomic mass is 32.1. The number of halogens is 3. The van der Waals surface area contributed by atoms with Crippen LogP contribution >= 0.6 is 12.2 Å². The number of rotatable bonds is 3. The lowest BCUT2D eigenvalue weighted by Gasteiger charge is -2.15. The molecule has 1 rings (SSSR count). The van der Waals surface area contributed by atoms with Gasteiger partial charge in [-0.3, -0.25) is 0 Å². The molecule has 0 atom stereocenters. The minimum Gasteiger partial charge on any atom is -0.491 e. The van der Waals surface area contributed by atoms with Gasteiger partial charge in [0, 0.05) is 5.56 Å². The van der Waals surface area contributed by atoms with Gasteiger partial charge in [0.15, 0.2) is 0 Å². The Morgan fingerprint density at radius 3 is 2.35 bits per heavy atom. The molecule has 94 valence electrons. The highest BCUT2D eigenvalue weighted by Crippen LogP contribution is 2.34. The highest BCUT2D eigenvalue weighted by Gasteiger charge is 2.34. The van der Waals surface area contributed by atoms with Crippen LogP contribution in [0.3, 0.4) is 0 Å². The molecule has 0 aliphatic heterocycles. The molecule has 0 heterocycles. The van der Waals surface area contributed by atoms with Crippen molar-refractivity contribution in [2.45, 2.75) is 26.1 Å². The van der Waals surface area contributed by atoms with Gasteiger partial charge in [-0.1, -0.05) is 12.2 Å². The van der Waals surface area contributed by atoms with Crippen molar-refractivity contribution in [3.8, 4) is 5.75 Å². The molecule has 0 bridgehead atoms. The fraction of sp³-hybridized carbons (Fsp3) is 0.364. The van der Waals surface area contributed by atoms with E-state index in [1.54, 1.807) is 13.8 Å². The van der Waals surface area contributed by atoms with E-state index >= 15 is 0 Å². The van der Waals surface area contributed by atoms with Crippen LogP contribution in [0, 0.1) is 0 Å². The van der Waals surface area contributed by atoms with Crippen molar-refractivity contribution in [1.82, 2.24) is 0 Å². The molecule has 17 heavy (non-hydrogen) atoms. The Balaban J connectivity index is 3.25. The fourth-order valence-electron chi connectivity index (χ4n) is 1.32. The van der Waals surface area contributed by atoms with Gasteiger partial charge < -0.3 is 10.5 Å². The van der Waals surface area contributed by atoms with Gasteiger partial charge in [0.2, 0.25) is 0 Å². The lowest BCUT2D eigenvalue weighted by Crippen LogP contribution is -2.18. The molecule has 0 aromatic heterocycles. The number of hydrogen-bond donors (Lipinski definition) is 1. The molecule has 0 radical (unpaired) electrons. The summed E-state index contributed by atoms with van der Waals surface area (Å²) in [5.41, 5.74) is 4.19. The summed E-state index contributed by atoms with van der Waals surface area (Å²) in [6.45, 7) is 3.46. The fourth-order valence-corrected chi connectivity index (χ4v) is 1.50. The molecule has 1 aromatic rings. The first-order valence-corrected chi connectivity index (χ1v) is 5.30. The lowest BCUT2D eigenvalue weighted by molar-refractivity contribution is -0.137. The number of ether oxygens (including phenoxy) is 1. The van der Waals surface area contributed by atoms with E-state index < -0.39 is 11.7 Å². The summed E-state index contributed by atoms with van der Waals surface area (Å²) in [6.07, 6.45) is -4.71. The Bertz CT molecular complexity index is 429. The van der Waals surface area contributed by atoms with Crippen LogP contribution in [-0.2, 0) is 6.18 Å². The number of alkyl halides is 3. The van der Waals surface area contributed by atoms with E-state index in [2.05, 4.69) is 12.2 Å². The summed E-state index contributed by atoms with van der Waals surface area (Å²) in [6, 6.07) is 3.56. The second-order valence-corrected chi connectivity index (χ2v) is 4.18. The maximum absolute atomic E-state index is 12.8. The zero-order chi connectivity index (χ0) is 13.2. The molecule has 0 fully saturated rings. The molecule has 2 N–H and O–H groups in total.